The lowest BCUT2D eigenvalue weighted by Crippen LogP contribution is -2.36. The molecule has 0 heterocycles. The Morgan fingerprint density at radius 2 is 1.95 bits per heavy atom. The molecule has 0 saturated carbocycles. The molecule has 2 amide bonds. The summed E-state index contributed by atoms with van der Waals surface area (Å²) in [6.45, 7) is 4.36. The Kier molecular flexibility index (Phi) is 5.55. The molecule has 0 atom stereocenters. The van der Waals surface area contributed by atoms with Gasteiger partial charge in [0.25, 0.3) is 5.91 Å². The number of benzene rings is 1. The van der Waals surface area contributed by atoms with E-state index >= 15 is 0 Å². The Bertz CT molecular complexity index is 504. The van der Waals surface area contributed by atoms with Gasteiger partial charge in [-0.2, -0.15) is 5.26 Å². The average molecular weight is 259 g/mol. The van der Waals surface area contributed by atoms with Crippen LogP contribution in [0.2, 0.25) is 0 Å². The standard InChI is InChI=1S/C14H17N3O2/c1-10(2)13(18)16-6-7-17-14(19)12-5-3-4-11(8-12)9-15/h3-5,8,10H,6-7H2,1-2H3,(H,16,18)(H,17,19). The van der Waals surface area contributed by atoms with Crippen molar-refractivity contribution in [2.45, 2.75) is 13.8 Å². The molecule has 19 heavy (non-hydrogen) atoms. The van der Waals surface area contributed by atoms with Gasteiger partial charge in [-0.05, 0) is 18.2 Å². The lowest BCUT2D eigenvalue weighted by atomic mass is 10.1. The number of carbonyl (C=O) groups excluding carboxylic acids is 2. The third kappa shape index (κ3) is 4.80. The molecule has 0 unspecified atom stereocenters. The maximum atomic E-state index is 11.8. The summed E-state index contributed by atoms with van der Waals surface area (Å²) in [6, 6.07) is 8.45. The first-order chi connectivity index (χ1) is 9.04. The fourth-order valence-electron chi connectivity index (χ4n) is 1.40. The summed E-state index contributed by atoms with van der Waals surface area (Å²) < 4.78 is 0. The van der Waals surface area contributed by atoms with E-state index in [1.165, 1.54) is 6.07 Å². The van der Waals surface area contributed by atoms with Gasteiger partial charge in [-0.15, -0.1) is 0 Å². The largest absolute Gasteiger partial charge is 0.354 e. The van der Waals surface area contributed by atoms with Crippen LogP contribution in [0.3, 0.4) is 0 Å². The molecule has 0 fully saturated rings. The van der Waals surface area contributed by atoms with Gasteiger partial charge < -0.3 is 10.6 Å². The molecule has 0 aromatic heterocycles. The fraction of sp³-hybridized carbons (Fsp3) is 0.357. The van der Waals surface area contributed by atoms with Crippen molar-refractivity contribution in [2.24, 2.45) is 5.92 Å². The van der Waals surface area contributed by atoms with Crippen molar-refractivity contribution in [3.8, 4) is 6.07 Å². The third-order valence-electron chi connectivity index (χ3n) is 2.49. The van der Waals surface area contributed by atoms with Crippen LogP contribution in [-0.4, -0.2) is 24.9 Å². The summed E-state index contributed by atoms with van der Waals surface area (Å²) in [6.07, 6.45) is 0. The lowest BCUT2D eigenvalue weighted by Gasteiger charge is -2.08. The van der Waals surface area contributed by atoms with E-state index in [1.54, 1.807) is 32.0 Å². The Morgan fingerprint density at radius 1 is 1.26 bits per heavy atom. The zero-order valence-corrected chi connectivity index (χ0v) is 11.1. The van der Waals surface area contributed by atoms with E-state index in [-0.39, 0.29) is 17.7 Å². The van der Waals surface area contributed by atoms with Crippen LogP contribution in [0.15, 0.2) is 24.3 Å². The van der Waals surface area contributed by atoms with Crippen LogP contribution >= 0.6 is 0 Å². The molecule has 0 bridgehead atoms. The van der Waals surface area contributed by atoms with Crippen LogP contribution in [0.25, 0.3) is 0 Å². The number of rotatable bonds is 5. The van der Waals surface area contributed by atoms with E-state index in [0.29, 0.717) is 24.2 Å². The molecular weight excluding hydrogens is 242 g/mol. The second-order valence-corrected chi connectivity index (χ2v) is 4.39. The van der Waals surface area contributed by atoms with Crippen molar-refractivity contribution < 1.29 is 9.59 Å². The first-order valence-corrected chi connectivity index (χ1v) is 6.10. The topological polar surface area (TPSA) is 82.0 Å². The van der Waals surface area contributed by atoms with E-state index in [0.717, 1.165) is 0 Å². The maximum absolute atomic E-state index is 11.8. The highest BCUT2D eigenvalue weighted by molar-refractivity contribution is 5.94. The summed E-state index contributed by atoms with van der Waals surface area (Å²) in [7, 11) is 0. The minimum atomic E-state index is -0.254. The number of nitriles is 1. The Balaban J connectivity index is 2.39. The van der Waals surface area contributed by atoms with E-state index < -0.39 is 0 Å². The summed E-state index contributed by atoms with van der Waals surface area (Å²) in [5, 5.41) is 14.1. The van der Waals surface area contributed by atoms with Gasteiger partial charge in [-0.25, -0.2) is 0 Å². The number of amides is 2. The molecule has 1 aromatic rings. The molecule has 0 radical (unpaired) electrons. The van der Waals surface area contributed by atoms with Crippen LogP contribution in [0.4, 0.5) is 0 Å². The van der Waals surface area contributed by atoms with E-state index in [1.807, 2.05) is 6.07 Å². The molecule has 0 aliphatic carbocycles. The average Bonchev–Trinajstić information content (AvgIpc) is 2.42. The van der Waals surface area contributed by atoms with Crippen LogP contribution in [-0.2, 0) is 4.79 Å². The van der Waals surface area contributed by atoms with Crippen molar-refractivity contribution in [1.29, 1.82) is 5.26 Å². The van der Waals surface area contributed by atoms with Crippen LogP contribution < -0.4 is 10.6 Å². The van der Waals surface area contributed by atoms with Crippen molar-refractivity contribution in [2.75, 3.05) is 13.1 Å². The van der Waals surface area contributed by atoms with Crippen LogP contribution in [0.5, 0.6) is 0 Å². The van der Waals surface area contributed by atoms with E-state index in [2.05, 4.69) is 10.6 Å². The van der Waals surface area contributed by atoms with E-state index in [9.17, 15) is 9.59 Å². The predicted octanol–water partition coefficient (Wildman–Crippen LogP) is 1.06. The molecule has 1 rings (SSSR count). The van der Waals surface area contributed by atoms with Gasteiger partial charge >= 0.3 is 0 Å². The molecular formula is C14H17N3O2. The van der Waals surface area contributed by atoms with Gasteiger partial charge in [0.2, 0.25) is 5.91 Å². The zero-order valence-electron chi connectivity index (χ0n) is 11.1. The Labute approximate surface area is 112 Å². The number of nitrogens with zero attached hydrogens (tertiary/aromatic N) is 1. The second-order valence-electron chi connectivity index (χ2n) is 4.39. The minimum Gasteiger partial charge on any atom is -0.354 e. The van der Waals surface area contributed by atoms with Gasteiger partial charge in [0.15, 0.2) is 0 Å². The molecule has 2 N–H and O–H groups in total. The van der Waals surface area contributed by atoms with Gasteiger partial charge in [0.1, 0.15) is 0 Å². The Morgan fingerprint density at radius 3 is 2.58 bits per heavy atom. The first-order valence-electron chi connectivity index (χ1n) is 6.10. The molecule has 0 spiro atoms. The summed E-state index contributed by atoms with van der Waals surface area (Å²) >= 11 is 0. The van der Waals surface area contributed by atoms with E-state index in [4.69, 9.17) is 5.26 Å². The SMILES string of the molecule is CC(C)C(=O)NCCNC(=O)c1cccc(C#N)c1. The number of hydrogen-bond acceptors (Lipinski definition) is 3. The van der Waals surface area contributed by atoms with Crippen molar-refractivity contribution in [3.05, 3.63) is 35.4 Å². The van der Waals surface area contributed by atoms with Crippen molar-refractivity contribution >= 4 is 11.8 Å². The quantitative estimate of drug-likeness (QED) is 0.776. The van der Waals surface area contributed by atoms with Crippen molar-refractivity contribution in [3.63, 3.8) is 0 Å². The molecule has 5 heteroatoms. The number of carbonyl (C=O) groups is 2. The van der Waals surface area contributed by atoms with Gasteiger partial charge in [0.05, 0.1) is 11.6 Å². The number of hydrogen-bond donors (Lipinski definition) is 2. The molecule has 0 aliphatic rings. The smallest absolute Gasteiger partial charge is 0.251 e. The molecule has 0 saturated heterocycles. The Hall–Kier alpha value is -2.35. The van der Waals surface area contributed by atoms with Gasteiger partial charge in [0, 0.05) is 24.6 Å². The molecule has 0 aliphatic heterocycles. The lowest BCUT2D eigenvalue weighted by molar-refractivity contribution is -0.123. The molecule has 5 nitrogen and oxygen atoms in total. The minimum absolute atomic E-state index is 0.0410. The maximum Gasteiger partial charge on any atom is 0.251 e. The van der Waals surface area contributed by atoms with Gasteiger partial charge in [-0.1, -0.05) is 19.9 Å². The number of nitrogens with one attached hydrogen (secondary N) is 2. The molecule has 1 aromatic carbocycles. The highest BCUT2D eigenvalue weighted by atomic mass is 16.2. The summed E-state index contributed by atoms with van der Waals surface area (Å²) in [5.74, 6) is -0.361. The highest BCUT2D eigenvalue weighted by Crippen LogP contribution is 2.03. The van der Waals surface area contributed by atoms with Gasteiger partial charge in [-0.3, -0.25) is 9.59 Å². The van der Waals surface area contributed by atoms with Crippen molar-refractivity contribution in [1.82, 2.24) is 10.6 Å². The summed E-state index contributed by atoms with van der Waals surface area (Å²) in [4.78, 5) is 23.0. The predicted molar refractivity (Wildman–Crippen MR) is 71.3 cm³/mol. The second kappa shape index (κ2) is 7.17. The first kappa shape index (κ1) is 14.7. The van der Waals surface area contributed by atoms with Crippen LogP contribution in [0, 0.1) is 17.2 Å². The third-order valence-corrected chi connectivity index (χ3v) is 2.49. The monoisotopic (exact) mass is 259 g/mol. The summed E-state index contributed by atoms with van der Waals surface area (Å²) in [5.41, 5.74) is 0.884. The highest BCUT2D eigenvalue weighted by Gasteiger charge is 2.07. The molecule has 100 valence electrons. The van der Waals surface area contributed by atoms with Crippen LogP contribution in [0.1, 0.15) is 29.8 Å². The normalized spacial score (nSPS) is 9.79. The fourth-order valence-corrected chi connectivity index (χ4v) is 1.40. The zero-order chi connectivity index (χ0) is 14.3.